The minimum Gasteiger partial charge on any atom is -0.483 e. The summed E-state index contributed by atoms with van der Waals surface area (Å²) in [5.41, 5.74) is 1.12. The van der Waals surface area contributed by atoms with Crippen LogP contribution in [0.25, 0.3) is 6.08 Å². The number of amides is 3. The lowest BCUT2D eigenvalue weighted by atomic mass is 10.1. The summed E-state index contributed by atoms with van der Waals surface area (Å²) in [7, 11) is 0. The minimum absolute atomic E-state index is 0.0287. The second-order valence-corrected chi connectivity index (χ2v) is 7.53. The molecule has 29 heavy (non-hydrogen) atoms. The molecule has 0 aromatic heterocycles. The number of benzene rings is 2. The monoisotopic (exact) mass is 493 g/mol. The molecule has 1 fully saturated rings. The normalized spacial score (nSPS) is 13.4. The molecule has 0 atom stereocenters. The van der Waals surface area contributed by atoms with Crippen molar-refractivity contribution in [1.29, 1.82) is 0 Å². The molecule has 2 aromatic rings. The number of anilines is 1. The number of carbonyl (C=O) groups excluding carboxylic acids is 3. The van der Waals surface area contributed by atoms with Crippen LogP contribution in [0.3, 0.4) is 0 Å². The fourth-order valence-corrected chi connectivity index (χ4v) is 3.19. The molecule has 1 saturated heterocycles. The number of nitrogens with one attached hydrogen (secondary N) is 3. The highest BCUT2D eigenvalue weighted by atomic mass is 79.9. The second kappa shape index (κ2) is 9.17. The number of carbonyl (C=O) groups is 3. The van der Waals surface area contributed by atoms with E-state index >= 15 is 0 Å². The number of ether oxygens (including phenoxy) is 1. The SMILES string of the molecule is O=C(COc1ccc(C=C2C(=O)NC(=S)NC2=O)cc1Br)Nc1ccc(Cl)cc1. The molecule has 0 unspecified atom stereocenters. The number of halogens is 2. The van der Waals surface area contributed by atoms with Crippen molar-refractivity contribution in [3.63, 3.8) is 0 Å². The first-order chi connectivity index (χ1) is 13.8. The third-order valence-electron chi connectivity index (χ3n) is 3.70. The fourth-order valence-electron chi connectivity index (χ4n) is 2.37. The van der Waals surface area contributed by atoms with E-state index in [1.807, 2.05) is 0 Å². The Balaban J connectivity index is 1.63. The molecule has 1 aliphatic heterocycles. The summed E-state index contributed by atoms with van der Waals surface area (Å²) in [5, 5.41) is 7.97. The van der Waals surface area contributed by atoms with Crippen molar-refractivity contribution in [2.45, 2.75) is 0 Å². The Morgan fingerprint density at radius 1 is 1.14 bits per heavy atom. The Bertz CT molecular complexity index is 1020. The quantitative estimate of drug-likeness (QED) is 0.337. The molecule has 0 aliphatic carbocycles. The van der Waals surface area contributed by atoms with Crippen molar-refractivity contribution >= 4 is 74.3 Å². The summed E-state index contributed by atoms with van der Waals surface area (Å²) in [6.45, 7) is -0.204. The highest BCUT2D eigenvalue weighted by Crippen LogP contribution is 2.27. The maximum atomic E-state index is 12.0. The van der Waals surface area contributed by atoms with Crippen LogP contribution < -0.4 is 20.7 Å². The maximum Gasteiger partial charge on any atom is 0.263 e. The molecule has 7 nitrogen and oxygen atoms in total. The van der Waals surface area contributed by atoms with Crippen molar-refractivity contribution in [3.8, 4) is 5.75 Å². The molecule has 10 heteroatoms. The zero-order chi connectivity index (χ0) is 21.0. The van der Waals surface area contributed by atoms with Crippen molar-refractivity contribution in [2.24, 2.45) is 0 Å². The number of thiocarbonyl (C=S) groups is 1. The van der Waals surface area contributed by atoms with E-state index in [-0.39, 0.29) is 23.2 Å². The molecular weight excluding hydrogens is 482 g/mol. The lowest BCUT2D eigenvalue weighted by Crippen LogP contribution is -2.51. The first kappa shape index (κ1) is 21.0. The van der Waals surface area contributed by atoms with Crippen molar-refractivity contribution in [2.75, 3.05) is 11.9 Å². The van der Waals surface area contributed by atoms with Gasteiger partial charge in [0.2, 0.25) is 0 Å². The van der Waals surface area contributed by atoms with E-state index in [9.17, 15) is 14.4 Å². The van der Waals surface area contributed by atoms with E-state index in [1.54, 1.807) is 42.5 Å². The van der Waals surface area contributed by atoms with Gasteiger partial charge >= 0.3 is 0 Å². The van der Waals surface area contributed by atoms with Crippen LogP contribution in [0, 0.1) is 0 Å². The minimum atomic E-state index is -0.575. The summed E-state index contributed by atoms with van der Waals surface area (Å²) in [6, 6.07) is 11.6. The molecule has 0 saturated carbocycles. The van der Waals surface area contributed by atoms with Crippen LogP contribution in [0.2, 0.25) is 5.02 Å². The Labute approximate surface area is 184 Å². The molecule has 3 N–H and O–H groups in total. The molecule has 0 radical (unpaired) electrons. The molecule has 148 valence electrons. The molecular formula is C19H13BrClN3O4S. The van der Waals surface area contributed by atoms with Crippen LogP contribution >= 0.6 is 39.7 Å². The Kier molecular flexibility index (Phi) is 6.63. The van der Waals surface area contributed by atoms with Gasteiger partial charge in [-0.25, -0.2) is 0 Å². The summed E-state index contributed by atoms with van der Waals surface area (Å²) < 4.78 is 6.07. The van der Waals surface area contributed by atoms with Crippen molar-refractivity contribution < 1.29 is 19.1 Å². The highest BCUT2D eigenvalue weighted by Gasteiger charge is 2.25. The molecule has 1 heterocycles. The molecule has 3 rings (SSSR count). The zero-order valence-corrected chi connectivity index (χ0v) is 17.8. The standard InChI is InChI=1S/C19H13BrClN3O4S/c20-14-8-10(7-13-17(26)23-19(29)24-18(13)27)1-6-15(14)28-9-16(25)22-12-4-2-11(21)3-5-12/h1-8H,9H2,(H,22,25)(H2,23,24,26,27,29). The predicted octanol–water partition coefficient (Wildman–Crippen LogP) is 3.03. The topological polar surface area (TPSA) is 96.5 Å². The third-order valence-corrected chi connectivity index (χ3v) is 4.77. The van der Waals surface area contributed by atoms with Gasteiger partial charge in [0.1, 0.15) is 11.3 Å². The van der Waals surface area contributed by atoms with Gasteiger partial charge in [-0.3, -0.25) is 25.0 Å². The van der Waals surface area contributed by atoms with Crippen LogP contribution in [0.15, 0.2) is 52.5 Å². The number of hydrogen-bond acceptors (Lipinski definition) is 5. The summed E-state index contributed by atoms with van der Waals surface area (Å²) in [4.78, 5) is 35.8. The molecule has 3 amide bonds. The predicted molar refractivity (Wildman–Crippen MR) is 117 cm³/mol. The van der Waals surface area contributed by atoms with Gasteiger partial charge in [-0.15, -0.1) is 0 Å². The highest BCUT2D eigenvalue weighted by molar-refractivity contribution is 9.10. The fraction of sp³-hybridized carbons (Fsp3) is 0.0526. The molecule has 0 bridgehead atoms. The van der Waals surface area contributed by atoms with E-state index in [0.29, 0.717) is 26.5 Å². The first-order valence-electron chi connectivity index (χ1n) is 8.18. The average Bonchev–Trinajstić information content (AvgIpc) is 2.66. The van der Waals surface area contributed by atoms with E-state index in [4.69, 9.17) is 28.6 Å². The smallest absolute Gasteiger partial charge is 0.263 e. The number of rotatable bonds is 5. The summed E-state index contributed by atoms with van der Waals surface area (Å²) in [5.74, 6) is -1.06. The van der Waals surface area contributed by atoms with Gasteiger partial charge in [-0.05, 0) is 76.2 Å². The van der Waals surface area contributed by atoms with Crippen LogP contribution in [-0.4, -0.2) is 29.4 Å². The lowest BCUT2D eigenvalue weighted by Gasteiger charge is -2.16. The Morgan fingerprint density at radius 3 is 2.41 bits per heavy atom. The van der Waals surface area contributed by atoms with E-state index in [2.05, 4.69) is 31.9 Å². The summed E-state index contributed by atoms with van der Waals surface area (Å²) in [6.07, 6.45) is 1.42. The zero-order valence-electron chi connectivity index (χ0n) is 14.6. The van der Waals surface area contributed by atoms with Gasteiger partial charge in [0, 0.05) is 10.7 Å². The third kappa shape index (κ3) is 5.63. The van der Waals surface area contributed by atoms with Gasteiger partial charge in [0.25, 0.3) is 17.7 Å². The largest absolute Gasteiger partial charge is 0.483 e. The first-order valence-corrected chi connectivity index (χ1v) is 9.76. The Morgan fingerprint density at radius 2 is 1.79 bits per heavy atom. The van der Waals surface area contributed by atoms with E-state index < -0.39 is 11.8 Å². The average molecular weight is 495 g/mol. The van der Waals surface area contributed by atoms with E-state index in [1.165, 1.54) is 6.08 Å². The van der Waals surface area contributed by atoms with Gasteiger partial charge in [0.15, 0.2) is 11.7 Å². The maximum absolute atomic E-state index is 12.0. The van der Waals surface area contributed by atoms with Crippen molar-refractivity contribution in [1.82, 2.24) is 10.6 Å². The Hall–Kier alpha value is -2.75. The molecule has 0 spiro atoms. The van der Waals surface area contributed by atoms with Gasteiger partial charge in [-0.2, -0.15) is 0 Å². The molecule has 2 aromatic carbocycles. The van der Waals surface area contributed by atoms with Crippen LogP contribution in [0.1, 0.15) is 5.56 Å². The van der Waals surface area contributed by atoms with Gasteiger partial charge in [-0.1, -0.05) is 17.7 Å². The van der Waals surface area contributed by atoms with Crippen LogP contribution in [-0.2, 0) is 14.4 Å². The number of hydrogen-bond donors (Lipinski definition) is 3. The molecule has 1 aliphatic rings. The van der Waals surface area contributed by atoms with Crippen molar-refractivity contribution in [3.05, 3.63) is 63.1 Å². The van der Waals surface area contributed by atoms with Gasteiger partial charge < -0.3 is 10.1 Å². The van der Waals surface area contributed by atoms with Crippen LogP contribution in [0.5, 0.6) is 5.75 Å². The summed E-state index contributed by atoms with van der Waals surface area (Å²) >= 11 is 13.9. The van der Waals surface area contributed by atoms with E-state index in [0.717, 1.165) is 0 Å². The lowest BCUT2D eigenvalue weighted by molar-refractivity contribution is -0.123. The van der Waals surface area contributed by atoms with Crippen LogP contribution in [0.4, 0.5) is 5.69 Å². The van der Waals surface area contributed by atoms with Gasteiger partial charge in [0.05, 0.1) is 4.47 Å². The second-order valence-electron chi connectivity index (χ2n) is 5.83.